The molecule has 79 valence electrons. The van der Waals surface area contributed by atoms with Gasteiger partial charge in [0, 0.05) is 0 Å². The average molecular weight is 191 g/mol. The van der Waals surface area contributed by atoms with Gasteiger partial charge in [0.2, 0.25) is 0 Å². The van der Waals surface area contributed by atoms with Crippen LogP contribution in [0.3, 0.4) is 0 Å². The van der Waals surface area contributed by atoms with Crippen molar-refractivity contribution in [2.24, 2.45) is 0 Å². The third-order valence-corrected chi connectivity index (χ3v) is 1.97. The van der Waals surface area contributed by atoms with Crippen LogP contribution in [0.2, 0.25) is 0 Å². The van der Waals surface area contributed by atoms with E-state index in [4.69, 9.17) is 0 Å². The van der Waals surface area contributed by atoms with Crippen molar-refractivity contribution in [1.29, 1.82) is 0 Å². The van der Waals surface area contributed by atoms with E-state index in [-0.39, 0.29) is 0 Å². The zero-order valence-electron chi connectivity index (χ0n) is 9.41. The van der Waals surface area contributed by atoms with Gasteiger partial charge in [-0.25, -0.2) is 0 Å². The van der Waals surface area contributed by atoms with Crippen LogP contribution >= 0.6 is 0 Å². The normalized spacial score (nSPS) is 12.4. The van der Waals surface area contributed by atoms with E-state index in [2.05, 4.69) is 44.2 Å². The second-order valence-corrected chi connectivity index (χ2v) is 3.37. The van der Waals surface area contributed by atoms with Crippen LogP contribution in [-0.2, 0) is 0 Å². The van der Waals surface area contributed by atoms with E-state index in [1.54, 1.807) is 0 Å². The molecule has 0 heteroatoms. The summed E-state index contributed by atoms with van der Waals surface area (Å²) in [6.45, 7) is 5.86. The maximum Gasteiger partial charge on any atom is -0.0169 e. The van der Waals surface area contributed by atoms with E-state index in [1.165, 1.54) is 25.7 Å². The Morgan fingerprint density at radius 3 is 2.14 bits per heavy atom. The van der Waals surface area contributed by atoms with Crippen LogP contribution in [0.1, 0.15) is 45.4 Å². The molecule has 0 amide bonds. The monoisotopic (exact) mass is 191 g/mol. The molecule has 0 aliphatic rings. The Hall–Kier alpha value is -0.780. The van der Waals surface area contributed by atoms with E-state index in [0.29, 0.717) is 0 Å². The molecule has 0 rings (SSSR count). The molecule has 1 radical (unpaired) electrons. The van der Waals surface area contributed by atoms with Gasteiger partial charge in [-0.1, -0.05) is 49.8 Å². The van der Waals surface area contributed by atoms with Crippen molar-refractivity contribution in [2.45, 2.75) is 45.4 Å². The second kappa shape index (κ2) is 12.2. The van der Waals surface area contributed by atoms with Gasteiger partial charge in [0.15, 0.2) is 0 Å². The van der Waals surface area contributed by atoms with Crippen LogP contribution in [0, 0.1) is 6.92 Å². The maximum absolute atomic E-state index is 3.65. The first kappa shape index (κ1) is 13.2. The molecule has 0 heterocycles. The lowest BCUT2D eigenvalue weighted by molar-refractivity contribution is 0.866. The van der Waals surface area contributed by atoms with Crippen molar-refractivity contribution in [1.82, 2.24) is 0 Å². The highest BCUT2D eigenvalue weighted by atomic mass is 13.9. The van der Waals surface area contributed by atoms with Crippen LogP contribution in [0.5, 0.6) is 0 Å². The average Bonchev–Trinajstić information content (AvgIpc) is 2.21. The summed E-state index contributed by atoms with van der Waals surface area (Å²) in [5.41, 5.74) is 0. The molecule has 0 aliphatic carbocycles. The topological polar surface area (TPSA) is 0 Å². The standard InChI is InChI=1S/C14H23/c1-3-5-7-9-11-13-14-12-10-8-6-4-2/h3,5,8,10,13-14H,1,4,6-7,9,11-12H2,2H3/b5-3+,10-8+,14-13+. The van der Waals surface area contributed by atoms with Crippen molar-refractivity contribution in [3.63, 3.8) is 0 Å². The molecule has 0 spiro atoms. The highest BCUT2D eigenvalue weighted by Gasteiger charge is 1.79. The van der Waals surface area contributed by atoms with Crippen molar-refractivity contribution >= 4 is 0 Å². The fourth-order valence-corrected chi connectivity index (χ4v) is 1.14. The molecule has 0 aromatic carbocycles. The predicted molar refractivity (Wildman–Crippen MR) is 66.2 cm³/mol. The van der Waals surface area contributed by atoms with Gasteiger partial charge >= 0.3 is 0 Å². The van der Waals surface area contributed by atoms with Gasteiger partial charge in [0.05, 0.1) is 0 Å². The van der Waals surface area contributed by atoms with Gasteiger partial charge < -0.3 is 0 Å². The molecule has 0 fully saturated rings. The first-order valence-electron chi connectivity index (χ1n) is 5.66. The van der Waals surface area contributed by atoms with Crippen molar-refractivity contribution in [3.8, 4) is 0 Å². The molecule has 0 bridgehead atoms. The highest BCUT2D eigenvalue weighted by Crippen LogP contribution is 1.99. The number of allylic oxidation sites excluding steroid dienone is 6. The number of hydrogen-bond donors (Lipinski definition) is 0. The van der Waals surface area contributed by atoms with Crippen molar-refractivity contribution in [3.05, 3.63) is 43.4 Å². The first-order valence-corrected chi connectivity index (χ1v) is 5.66. The summed E-state index contributed by atoms with van der Waals surface area (Å²) < 4.78 is 0. The Morgan fingerprint density at radius 1 is 0.857 bits per heavy atom. The lowest BCUT2D eigenvalue weighted by Crippen LogP contribution is -1.69. The summed E-state index contributed by atoms with van der Waals surface area (Å²) in [5.74, 6) is 0. The second-order valence-electron chi connectivity index (χ2n) is 3.37. The van der Waals surface area contributed by atoms with Gasteiger partial charge in [-0.2, -0.15) is 0 Å². The van der Waals surface area contributed by atoms with Gasteiger partial charge in [0.25, 0.3) is 0 Å². The molecule has 0 aliphatic heterocycles. The van der Waals surface area contributed by atoms with Crippen LogP contribution < -0.4 is 0 Å². The first-order chi connectivity index (χ1) is 6.91. The largest absolute Gasteiger partial charge is 0.0885 e. The number of hydrogen-bond acceptors (Lipinski definition) is 0. The molecule has 0 saturated carbocycles. The highest BCUT2D eigenvalue weighted by molar-refractivity contribution is 4.93. The Kier molecular flexibility index (Phi) is 11.5. The van der Waals surface area contributed by atoms with E-state index in [0.717, 1.165) is 12.8 Å². The van der Waals surface area contributed by atoms with Crippen LogP contribution in [-0.4, -0.2) is 0 Å². The van der Waals surface area contributed by atoms with Crippen LogP contribution in [0.4, 0.5) is 0 Å². The summed E-state index contributed by atoms with van der Waals surface area (Å²) in [7, 11) is 0. The van der Waals surface area contributed by atoms with E-state index < -0.39 is 0 Å². The third kappa shape index (κ3) is 11.2. The van der Waals surface area contributed by atoms with E-state index >= 15 is 0 Å². The molecule has 0 unspecified atom stereocenters. The number of rotatable bonds is 8. The van der Waals surface area contributed by atoms with Gasteiger partial charge in [-0.15, -0.1) is 0 Å². The molecule has 0 saturated heterocycles. The summed E-state index contributed by atoms with van der Waals surface area (Å²) in [6, 6.07) is 0. The molecule has 0 atom stereocenters. The quantitative estimate of drug-likeness (QED) is 0.380. The summed E-state index contributed by atoms with van der Waals surface area (Å²) in [4.78, 5) is 0. The zero-order valence-corrected chi connectivity index (χ0v) is 9.41. The summed E-state index contributed by atoms with van der Waals surface area (Å²) in [5, 5.41) is 0. The van der Waals surface area contributed by atoms with Crippen molar-refractivity contribution < 1.29 is 0 Å². The van der Waals surface area contributed by atoms with Gasteiger partial charge in [-0.05, 0) is 39.0 Å². The number of unbranched alkanes of at least 4 members (excludes halogenated alkanes) is 3. The minimum Gasteiger partial charge on any atom is -0.0885 e. The summed E-state index contributed by atoms with van der Waals surface area (Å²) >= 11 is 0. The van der Waals surface area contributed by atoms with Gasteiger partial charge in [0.1, 0.15) is 0 Å². The Morgan fingerprint density at radius 2 is 1.50 bits per heavy atom. The molecular weight excluding hydrogens is 168 g/mol. The minimum atomic E-state index is 1.09. The van der Waals surface area contributed by atoms with E-state index in [1.807, 2.05) is 6.08 Å². The minimum absolute atomic E-state index is 1.09. The lowest BCUT2D eigenvalue weighted by atomic mass is 10.2. The SMILES string of the molecule is [CH2]/C=C/CCC/C=C/C/C=C/CCC. The van der Waals surface area contributed by atoms with E-state index in [9.17, 15) is 0 Å². The molecule has 0 aromatic heterocycles. The van der Waals surface area contributed by atoms with Crippen LogP contribution in [0.25, 0.3) is 0 Å². The molecule has 0 aromatic rings. The predicted octanol–water partition coefficient (Wildman–Crippen LogP) is 4.85. The third-order valence-electron chi connectivity index (χ3n) is 1.97. The Bertz CT molecular complexity index is 172. The Balaban J connectivity index is 3.19. The lowest BCUT2D eigenvalue weighted by Gasteiger charge is -1.89. The maximum atomic E-state index is 3.65. The molecule has 14 heavy (non-hydrogen) atoms. The zero-order chi connectivity index (χ0) is 10.5. The molecule has 0 N–H and O–H groups in total. The fraction of sp³-hybridized carbons (Fsp3) is 0.500. The molecular formula is C14H23. The smallest absolute Gasteiger partial charge is 0.0169 e. The van der Waals surface area contributed by atoms with Crippen LogP contribution in [0.15, 0.2) is 36.5 Å². The molecule has 0 nitrogen and oxygen atoms in total. The van der Waals surface area contributed by atoms with Crippen molar-refractivity contribution in [2.75, 3.05) is 0 Å². The van der Waals surface area contributed by atoms with Gasteiger partial charge in [-0.3, -0.25) is 0 Å². The Labute approximate surface area is 89.4 Å². The fourth-order valence-electron chi connectivity index (χ4n) is 1.14. The summed E-state index contributed by atoms with van der Waals surface area (Å²) in [6.07, 6.45) is 20.1.